The first-order valence-corrected chi connectivity index (χ1v) is 8.21. The number of H-pyrrole nitrogens is 1. The van der Waals surface area contributed by atoms with Crippen LogP contribution in [0.25, 0.3) is 10.9 Å². The van der Waals surface area contributed by atoms with Crippen LogP contribution in [0.1, 0.15) is 22.8 Å². The number of aromatic amines is 1. The van der Waals surface area contributed by atoms with Crippen LogP contribution in [0.15, 0.2) is 48.7 Å². The minimum Gasteiger partial charge on any atom is -0.493 e. The minimum absolute atomic E-state index is 0.0998. The molecule has 3 rings (SSSR count). The number of carbonyl (C=O) groups excluding carboxylic acids is 2. The fourth-order valence-corrected chi connectivity index (χ4v) is 2.78. The van der Waals surface area contributed by atoms with Gasteiger partial charge in [0.2, 0.25) is 0 Å². The van der Waals surface area contributed by atoms with Gasteiger partial charge in [-0.3, -0.25) is 4.79 Å². The topological polar surface area (TPSA) is 94.4 Å². The van der Waals surface area contributed by atoms with Crippen LogP contribution >= 0.6 is 0 Å². The lowest BCUT2D eigenvalue weighted by molar-refractivity contribution is -0.135. The van der Waals surface area contributed by atoms with E-state index < -0.39 is 12.0 Å². The second kappa shape index (κ2) is 7.41. The highest BCUT2D eigenvalue weighted by molar-refractivity contribution is 5.95. The molecule has 0 amide bonds. The van der Waals surface area contributed by atoms with Gasteiger partial charge in [-0.2, -0.15) is 0 Å². The van der Waals surface area contributed by atoms with Crippen LogP contribution in [0.3, 0.4) is 0 Å². The standard InChI is InChI=1S/C20H20N2O4/c1-12(23)13-7-8-18(19(10-13)25-2)26-20(24)16(21)9-14-11-22-17-6-4-3-5-15(14)17/h3-8,10-11,16,22H,9,21H2,1-2H3. The zero-order valence-corrected chi connectivity index (χ0v) is 14.6. The molecule has 2 aromatic carbocycles. The smallest absolute Gasteiger partial charge is 0.328 e. The molecule has 0 radical (unpaired) electrons. The number of nitrogens with two attached hydrogens (primary N) is 1. The number of nitrogens with one attached hydrogen (secondary N) is 1. The molecule has 1 atom stereocenters. The third-order valence-corrected chi connectivity index (χ3v) is 4.20. The Kier molecular flexibility index (Phi) is 5.04. The molecule has 26 heavy (non-hydrogen) atoms. The lowest BCUT2D eigenvalue weighted by atomic mass is 10.1. The van der Waals surface area contributed by atoms with Crippen molar-refractivity contribution in [2.45, 2.75) is 19.4 Å². The van der Waals surface area contributed by atoms with Crippen LogP contribution in [0.5, 0.6) is 11.5 Å². The van der Waals surface area contributed by atoms with E-state index in [0.717, 1.165) is 16.5 Å². The molecule has 0 saturated carbocycles. The number of hydrogen-bond acceptors (Lipinski definition) is 5. The van der Waals surface area contributed by atoms with E-state index in [1.165, 1.54) is 26.2 Å². The molecular weight excluding hydrogens is 332 g/mol. The lowest BCUT2D eigenvalue weighted by Gasteiger charge is -2.13. The number of benzene rings is 2. The number of fused-ring (bicyclic) bond motifs is 1. The lowest BCUT2D eigenvalue weighted by Crippen LogP contribution is -2.36. The molecule has 0 spiro atoms. The third kappa shape index (κ3) is 3.60. The Labute approximate surface area is 150 Å². The summed E-state index contributed by atoms with van der Waals surface area (Å²) in [7, 11) is 1.45. The van der Waals surface area contributed by atoms with E-state index in [2.05, 4.69) is 4.98 Å². The van der Waals surface area contributed by atoms with Crippen LogP contribution in [0.2, 0.25) is 0 Å². The molecule has 0 aliphatic carbocycles. The predicted molar refractivity (Wildman–Crippen MR) is 98.6 cm³/mol. The molecule has 6 heteroatoms. The SMILES string of the molecule is COc1cc(C(C)=O)ccc1OC(=O)C(N)Cc1c[nH]c2ccccc12. The molecule has 134 valence electrons. The molecule has 0 bridgehead atoms. The Morgan fingerprint density at radius 2 is 1.92 bits per heavy atom. The summed E-state index contributed by atoms with van der Waals surface area (Å²) < 4.78 is 10.6. The van der Waals surface area contributed by atoms with Gasteiger partial charge < -0.3 is 20.2 Å². The fourth-order valence-electron chi connectivity index (χ4n) is 2.78. The zero-order valence-electron chi connectivity index (χ0n) is 14.6. The van der Waals surface area contributed by atoms with E-state index in [0.29, 0.717) is 17.7 Å². The average molecular weight is 352 g/mol. The van der Waals surface area contributed by atoms with Crippen molar-refractivity contribution >= 4 is 22.7 Å². The van der Waals surface area contributed by atoms with Gasteiger partial charge in [-0.1, -0.05) is 18.2 Å². The molecule has 0 aliphatic heterocycles. The number of ketones is 1. The minimum atomic E-state index is -0.827. The highest BCUT2D eigenvalue weighted by Gasteiger charge is 2.20. The van der Waals surface area contributed by atoms with Crippen molar-refractivity contribution in [3.8, 4) is 11.5 Å². The van der Waals surface area contributed by atoms with E-state index in [1.54, 1.807) is 6.07 Å². The molecule has 0 fully saturated rings. The van der Waals surface area contributed by atoms with Crippen LogP contribution in [-0.4, -0.2) is 29.9 Å². The van der Waals surface area contributed by atoms with Gasteiger partial charge in [-0.15, -0.1) is 0 Å². The van der Waals surface area contributed by atoms with E-state index in [4.69, 9.17) is 15.2 Å². The Balaban J connectivity index is 1.74. The number of ether oxygens (including phenoxy) is 2. The number of para-hydroxylation sites is 1. The molecule has 3 N–H and O–H groups in total. The number of Topliss-reactive ketones (excluding diaryl/α,β-unsaturated/α-hetero) is 1. The normalized spacial score (nSPS) is 12.0. The largest absolute Gasteiger partial charge is 0.493 e. The molecule has 1 heterocycles. The predicted octanol–water partition coefficient (Wildman–Crippen LogP) is 2.85. The van der Waals surface area contributed by atoms with Crippen LogP contribution in [0.4, 0.5) is 0 Å². The fraction of sp³-hybridized carbons (Fsp3) is 0.200. The molecular formula is C20H20N2O4. The zero-order chi connectivity index (χ0) is 18.7. The number of esters is 1. The summed E-state index contributed by atoms with van der Waals surface area (Å²) in [6, 6.07) is 11.6. The third-order valence-electron chi connectivity index (χ3n) is 4.20. The van der Waals surface area contributed by atoms with Gasteiger partial charge in [-0.25, -0.2) is 4.79 Å². The molecule has 6 nitrogen and oxygen atoms in total. The van der Waals surface area contributed by atoms with Gasteiger partial charge in [0.25, 0.3) is 0 Å². The van der Waals surface area contributed by atoms with Gasteiger partial charge in [-0.05, 0) is 36.8 Å². The van der Waals surface area contributed by atoms with Crippen molar-refractivity contribution < 1.29 is 19.1 Å². The van der Waals surface area contributed by atoms with Crippen LogP contribution in [-0.2, 0) is 11.2 Å². The van der Waals surface area contributed by atoms with E-state index in [9.17, 15) is 9.59 Å². The van der Waals surface area contributed by atoms with Gasteiger partial charge in [0.05, 0.1) is 7.11 Å². The number of carbonyl (C=O) groups is 2. The Hall–Kier alpha value is -3.12. The monoisotopic (exact) mass is 352 g/mol. The van der Waals surface area contributed by atoms with Crippen molar-refractivity contribution in [2.75, 3.05) is 7.11 Å². The summed E-state index contributed by atoms with van der Waals surface area (Å²) in [5.74, 6) is -0.122. The van der Waals surface area contributed by atoms with Crippen molar-refractivity contribution in [2.24, 2.45) is 5.73 Å². The second-order valence-electron chi connectivity index (χ2n) is 6.01. The number of aromatic nitrogens is 1. The van der Waals surface area contributed by atoms with Gasteiger partial charge in [0, 0.05) is 29.1 Å². The first kappa shape index (κ1) is 17.7. The van der Waals surface area contributed by atoms with Crippen molar-refractivity contribution in [3.63, 3.8) is 0 Å². The van der Waals surface area contributed by atoms with Crippen molar-refractivity contribution in [3.05, 3.63) is 59.8 Å². The molecule has 1 aromatic heterocycles. The molecule has 1 unspecified atom stereocenters. The summed E-state index contributed by atoms with van der Waals surface area (Å²) >= 11 is 0. The maximum Gasteiger partial charge on any atom is 0.328 e. The Morgan fingerprint density at radius 3 is 2.65 bits per heavy atom. The maximum atomic E-state index is 12.4. The first-order chi connectivity index (χ1) is 12.5. The van der Waals surface area contributed by atoms with Gasteiger partial charge in [0.1, 0.15) is 6.04 Å². The van der Waals surface area contributed by atoms with E-state index in [1.807, 2.05) is 30.5 Å². The van der Waals surface area contributed by atoms with Crippen molar-refractivity contribution in [1.29, 1.82) is 0 Å². The number of rotatable bonds is 6. The highest BCUT2D eigenvalue weighted by atomic mass is 16.6. The summed E-state index contributed by atoms with van der Waals surface area (Å²) in [6.07, 6.45) is 2.19. The first-order valence-electron chi connectivity index (χ1n) is 8.21. The van der Waals surface area contributed by atoms with Gasteiger partial charge >= 0.3 is 5.97 Å². The number of methoxy groups -OCH3 is 1. The van der Waals surface area contributed by atoms with E-state index in [-0.39, 0.29) is 11.5 Å². The molecule has 3 aromatic rings. The van der Waals surface area contributed by atoms with Gasteiger partial charge in [0.15, 0.2) is 17.3 Å². The summed E-state index contributed by atoms with van der Waals surface area (Å²) in [5, 5.41) is 1.03. The van der Waals surface area contributed by atoms with Crippen LogP contribution < -0.4 is 15.2 Å². The summed E-state index contributed by atoms with van der Waals surface area (Å²) in [6.45, 7) is 1.46. The molecule has 0 saturated heterocycles. The summed E-state index contributed by atoms with van der Waals surface area (Å²) in [4.78, 5) is 27.0. The highest BCUT2D eigenvalue weighted by Crippen LogP contribution is 2.29. The molecule has 0 aliphatic rings. The average Bonchev–Trinajstić information content (AvgIpc) is 3.04. The Bertz CT molecular complexity index is 961. The Morgan fingerprint density at radius 1 is 1.15 bits per heavy atom. The van der Waals surface area contributed by atoms with E-state index >= 15 is 0 Å². The quantitative estimate of drug-likeness (QED) is 0.404. The number of hydrogen-bond donors (Lipinski definition) is 2. The second-order valence-corrected chi connectivity index (χ2v) is 6.01. The maximum absolute atomic E-state index is 12.4. The summed E-state index contributed by atoms with van der Waals surface area (Å²) in [5.41, 5.74) is 8.45. The van der Waals surface area contributed by atoms with Crippen LogP contribution in [0, 0.1) is 0 Å². The van der Waals surface area contributed by atoms with Crippen molar-refractivity contribution in [1.82, 2.24) is 4.98 Å².